The predicted molar refractivity (Wildman–Crippen MR) is 84.2 cm³/mol. The fourth-order valence-electron chi connectivity index (χ4n) is 2.81. The normalized spacial score (nSPS) is 18.7. The number of hydrogen-bond donors (Lipinski definition) is 1. The summed E-state index contributed by atoms with van der Waals surface area (Å²) >= 11 is 0. The van der Waals surface area contributed by atoms with E-state index in [2.05, 4.69) is 22.1 Å². The van der Waals surface area contributed by atoms with Crippen molar-refractivity contribution in [3.63, 3.8) is 0 Å². The molecule has 0 bridgehead atoms. The van der Waals surface area contributed by atoms with Crippen LogP contribution in [0.4, 0.5) is 4.79 Å². The Labute approximate surface area is 127 Å². The molecule has 1 N–H and O–H groups in total. The summed E-state index contributed by atoms with van der Waals surface area (Å²) in [6, 6.07) is 6.38. The van der Waals surface area contributed by atoms with Gasteiger partial charge in [0.2, 0.25) is 0 Å². The quantitative estimate of drug-likeness (QED) is 0.868. The van der Waals surface area contributed by atoms with Crippen LogP contribution in [0.25, 0.3) is 0 Å². The van der Waals surface area contributed by atoms with E-state index in [0.717, 1.165) is 31.7 Å². The van der Waals surface area contributed by atoms with Crippen molar-refractivity contribution in [3.05, 3.63) is 30.1 Å². The topological polar surface area (TPSA) is 48.5 Å². The van der Waals surface area contributed by atoms with Gasteiger partial charge in [0.25, 0.3) is 0 Å². The predicted octanol–water partition coefficient (Wildman–Crippen LogP) is 1.75. The van der Waals surface area contributed by atoms with E-state index in [1.54, 1.807) is 11.1 Å². The zero-order valence-electron chi connectivity index (χ0n) is 13.1. The summed E-state index contributed by atoms with van der Waals surface area (Å²) in [5.74, 6) is 0. The maximum absolute atomic E-state index is 12.1. The Bertz CT molecular complexity index is 437. The van der Waals surface area contributed by atoms with Crippen LogP contribution in [0.3, 0.4) is 0 Å². The number of likely N-dealkylation sites (N-methyl/N-ethyl adjacent to an activating group) is 2. The largest absolute Gasteiger partial charge is 0.336 e. The third-order valence-electron chi connectivity index (χ3n) is 4.17. The Morgan fingerprint density at radius 3 is 3.10 bits per heavy atom. The second-order valence-corrected chi connectivity index (χ2v) is 5.60. The number of nitrogens with one attached hydrogen (secondary N) is 1. The third kappa shape index (κ3) is 4.70. The van der Waals surface area contributed by atoms with Crippen molar-refractivity contribution in [2.45, 2.75) is 32.2 Å². The lowest BCUT2D eigenvalue weighted by Gasteiger charge is -2.24. The van der Waals surface area contributed by atoms with Gasteiger partial charge in [-0.1, -0.05) is 13.0 Å². The molecule has 1 fully saturated rings. The van der Waals surface area contributed by atoms with Gasteiger partial charge < -0.3 is 10.2 Å². The molecule has 0 radical (unpaired) electrons. The van der Waals surface area contributed by atoms with Gasteiger partial charge in [0, 0.05) is 44.5 Å². The lowest BCUT2D eigenvalue weighted by atomic mass is 10.2. The average Bonchev–Trinajstić information content (AvgIpc) is 2.98. The van der Waals surface area contributed by atoms with E-state index in [-0.39, 0.29) is 6.03 Å². The number of likely N-dealkylation sites (tertiary alicyclic amines) is 1. The van der Waals surface area contributed by atoms with Crippen molar-refractivity contribution in [3.8, 4) is 0 Å². The molecule has 1 atom stereocenters. The van der Waals surface area contributed by atoms with Crippen molar-refractivity contribution in [2.24, 2.45) is 0 Å². The van der Waals surface area contributed by atoms with E-state index in [1.807, 2.05) is 25.2 Å². The van der Waals surface area contributed by atoms with Gasteiger partial charge in [-0.2, -0.15) is 0 Å². The second kappa shape index (κ2) is 7.98. The van der Waals surface area contributed by atoms with Crippen LogP contribution in [0.15, 0.2) is 24.4 Å². The molecule has 0 aromatic carbocycles. The molecule has 1 saturated heterocycles. The van der Waals surface area contributed by atoms with Gasteiger partial charge in [-0.15, -0.1) is 0 Å². The fraction of sp³-hybridized carbons (Fsp3) is 0.625. The first-order chi connectivity index (χ1) is 10.2. The molecule has 116 valence electrons. The number of nitrogens with zero attached hydrogens (tertiary/aromatic N) is 3. The Morgan fingerprint density at radius 1 is 1.52 bits per heavy atom. The van der Waals surface area contributed by atoms with Gasteiger partial charge in [0.05, 0.1) is 0 Å². The molecule has 2 rings (SSSR count). The van der Waals surface area contributed by atoms with Crippen LogP contribution in [0, 0.1) is 0 Å². The summed E-state index contributed by atoms with van der Waals surface area (Å²) in [7, 11) is 1.84. The molecular weight excluding hydrogens is 264 g/mol. The van der Waals surface area contributed by atoms with Crippen molar-refractivity contribution < 1.29 is 4.79 Å². The number of urea groups is 1. The van der Waals surface area contributed by atoms with Crippen molar-refractivity contribution in [2.75, 3.05) is 33.2 Å². The minimum absolute atomic E-state index is 0.00823. The van der Waals surface area contributed by atoms with E-state index in [1.165, 1.54) is 12.8 Å². The minimum Gasteiger partial charge on any atom is -0.336 e. The van der Waals surface area contributed by atoms with Gasteiger partial charge in [-0.25, -0.2) is 4.79 Å². The van der Waals surface area contributed by atoms with Gasteiger partial charge in [-0.05, 0) is 38.1 Å². The molecule has 0 unspecified atom stereocenters. The maximum atomic E-state index is 12.1. The third-order valence-corrected chi connectivity index (χ3v) is 4.17. The standard InChI is InChI=1S/C16H26N4O/c1-3-20-11-6-8-15(20)13-18-16(21)19(2)12-9-14-7-4-5-10-17-14/h4-5,7,10,15H,3,6,8-9,11-13H2,1-2H3,(H,18,21)/t15-/m1/s1. The Balaban J connectivity index is 1.70. The number of aromatic nitrogens is 1. The van der Waals surface area contributed by atoms with Crippen molar-refractivity contribution >= 4 is 6.03 Å². The molecule has 1 aliphatic rings. The average molecular weight is 290 g/mol. The first-order valence-corrected chi connectivity index (χ1v) is 7.83. The van der Waals surface area contributed by atoms with E-state index in [0.29, 0.717) is 12.6 Å². The number of carbonyl (C=O) groups is 1. The van der Waals surface area contributed by atoms with Gasteiger partial charge in [-0.3, -0.25) is 9.88 Å². The molecule has 0 saturated carbocycles. The van der Waals surface area contributed by atoms with Crippen LogP contribution in [0.2, 0.25) is 0 Å². The molecule has 1 aromatic heterocycles. The first kappa shape index (κ1) is 15.8. The summed E-state index contributed by atoms with van der Waals surface area (Å²) in [4.78, 5) is 20.5. The van der Waals surface area contributed by atoms with Crippen LogP contribution in [-0.4, -0.2) is 60.1 Å². The summed E-state index contributed by atoms with van der Waals surface area (Å²) in [6.45, 7) is 5.84. The number of amides is 2. The molecule has 5 heteroatoms. The minimum atomic E-state index is 0.00823. The van der Waals surface area contributed by atoms with Crippen LogP contribution in [0.5, 0.6) is 0 Å². The molecule has 5 nitrogen and oxygen atoms in total. The highest BCUT2D eigenvalue weighted by Gasteiger charge is 2.23. The Hall–Kier alpha value is -1.62. The lowest BCUT2D eigenvalue weighted by Crippen LogP contribution is -2.45. The Kier molecular flexibility index (Phi) is 5.99. The second-order valence-electron chi connectivity index (χ2n) is 5.60. The molecule has 2 heterocycles. The van der Waals surface area contributed by atoms with E-state index < -0.39 is 0 Å². The SMILES string of the molecule is CCN1CCC[C@@H]1CNC(=O)N(C)CCc1ccccn1. The van der Waals surface area contributed by atoms with Crippen LogP contribution < -0.4 is 5.32 Å². The molecular formula is C16H26N4O. The van der Waals surface area contributed by atoms with Crippen molar-refractivity contribution in [1.82, 2.24) is 20.1 Å². The summed E-state index contributed by atoms with van der Waals surface area (Å²) in [5, 5.41) is 3.05. The summed E-state index contributed by atoms with van der Waals surface area (Å²) < 4.78 is 0. The Morgan fingerprint density at radius 2 is 2.38 bits per heavy atom. The van der Waals surface area contributed by atoms with Gasteiger partial charge in [0.1, 0.15) is 0 Å². The summed E-state index contributed by atoms with van der Waals surface area (Å²) in [6.07, 6.45) is 5.00. The monoisotopic (exact) mass is 290 g/mol. The fourth-order valence-corrected chi connectivity index (χ4v) is 2.81. The van der Waals surface area contributed by atoms with E-state index in [9.17, 15) is 4.79 Å². The smallest absolute Gasteiger partial charge is 0.317 e. The van der Waals surface area contributed by atoms with E-state index in [4.69, 9.17) is 0 Å². The maximum Gasteiger partial charge on any atom is 0.317 e. The highest BCUT2D eigenvalue weighted by Crippen LogP contribution is 2.15. The lowest BCUT2D eigenvalue weighted by molar-refractivity contribution is 0.201. The molecule has 21 heavy (non-hydrogen) atoms. The highest BCUT2D eigenvalue weighted by molar-refractivity contribution is 5.73. The number of carbonyl (C=O) groups excluding carboxylic acids is 1. The van der Waals surface area contributed by atoms with Gasteiger partial charge >= 0.3 is 6.03 Å². The van der Waals surface area contributed by atoms with Crippen LogP contribution in [-0.2, 0) is 6.42 Å². The highest BCUT2D eigenvalue weighted by atomic mass is 16.2. The molecule has 1 aromatic rings. The number of rotatable bonds is 6. The first-order valence-electron chi connectivity index (χ1n) is 7.83. The zero-order valence-corrected chi connectivity index (χ0v) is 13.1. The number of hydrogen-bond acceptors (Lipinski definition) is 3. The molecule has 1 aliphatic heterocycles. The molecule has 0 spiro atoms. The van der Waals surface area contributed by atoms with Crippen LogP contribution in [0.1, 0.15) is 25.5 Å². The molecule has 0 aliphatic carbocycles. The number of pyridine rings is 1. The van der Waals surface area contributed by atoms with Crippen molar-refractivity contribution in [1.29, 1.82) is 0 Å². The summed E-state index contributed by atoms with van der Waals surface area (Å²) in [5.41, 5.74) is 1.02. The van der Waals surface area contributed by atoms with Crippen LogP contribution >= 0.6 is 0 Å². The van der Waals surface area contributed by atoms with E-state index >= 15 is 0 Å². The van der Waals surface area contributed by atoms with Gasteiger partial charge in [0.15, 0.2) is 0 Å². The zero-order chi connectivity index (χ0) is 15.1. The molecule has 2 amide bonds.